The van der Waals surface area contributed by atoms with Gasteiger partial charge >= 0.3 is 0 Å². The smallest absolute Gasteiger partial charge is 0.0808 e. The van der Waals surface area contributed by atoms with Crippen LogP contribution in [-0.4, -0.2) is 0 Å². The first-order chi connectivity index (χ1) is 6.22. The van der Waals surface area contributed by atoms with Gasteiger partial charge in [0.1, 0.15) is 0 Å². The SMILES string of the molecule is BrCc1ccc2sc(I)c(Br)c2c1. The summed E-state index contributed by atoms with van der Waals surface area (Å²) in [5.74, 6) is 0. The van der Waals surface area contributed by atoms with Crippen LogP contribution in [0.4, 0.5) is 0 Å². The number of thiophene rings is 1. The van der Waals surface area contributed by atoms with Crippen molar-refractivity contribution < 1.29 is 0 Å². The lowest BCUT2D eigenvalue weighted by Crippen LogP contribution is -1.74. The van der Waals surface area contributed by atoms with Crippen molar-refractivity contribution in [2.45, 2.75) is 5.33 Å². The number of hydrogen-bond donors (Lipinski definition) is 0. The Morgan fingerprint density at radius 3 is 2.85 bits per heavy atom. The van der Waals surface area contributed by atoms with E-state index < -0.39 is 0 Å². The van der Waals surface area contributed by atoms with Crippen molar-refractivity contribution in [1.29, 1.82) is 0 Å². The minimum atomic E-state index is 0.918. The molecule has 68 valence electrons. The van der Waals surface area contributed by atoms with Crippen molar-refractivity contribution >= 4 is 75.9 Å². The van der Waals surface area contributed by atoms with E-state index in [1.807, 2.05) is 11.3 Å². The molecular formula is C9H5Br2IS. The third kappa shape index (κ3) is 1.96. The summed E-state index contributed by atoms with van der Waals surface area (Å²) in [4.78, 5) is 0. The average Bonchev–Trinajstić information content (AvgIpc) is 2.43. The zero-order chi connectivity index (χ0) is 9.42. The second-order valence-corrected chi connectivity index (χ2v) is 6.87. The van der Waals surface area contributed by atoms with Crippen LogP contribution in [0.3, 0.4) is 0 Å². The molecule has 0 N–H and O–H groups in total. The van der Waals surface area contributed by atoms with Gasteiger partial charge in [-0.15, -0.1) is 11.3 Å². The number of hydrogen-bond acceptors (Lipinski definition) is 1. The van der Waals surface area contributed by atoms with Crippen molar-refractivity contribution in [2.75, 3.05) is 0 Å². The van der Waals surface area contributed by atoms with Gasteiger partial charge in [-0.3, -0.25) is 0 Å². The molecule has 4 heteroatoms. The van der Waals surface area contributed by atoms with Gasteiger partial charge in [0, 0.05) is 19.9 Å². The minimum absolute atomic E-state index is 0.918. The van der Waals surface area contributed by atoms with Gasteiger partial charge in [-0.05, 0) is 56.2 Å². The Kier molecular flexibility index (Phi) is 3.33. The highest BCUT2D eigenvalue weighted by Gasteiger charge is 2.07. The molecule has 0 bridgehead atoms. The Morgan fingerprint density at radius 2 is 2.15 bits per heavy atom. The molecule has 0 spiro atoms. The molecule has 0 unspecified atom stereocenters. The van der Waals surface area contributed by atoms with E-state index in [0.29, 0.717) is 0 Å². The quantitative estimate of drug-likeness (QED) is 0.432. The van der Waals surface area contributed by atoms with Gasteiger partial charge in [0.05, 0.1) is 2.88 Å². The molecule has 0 saturated heterocycles. The van der Waals surface area contributed by atoms with E-state index in [2.05, 4.69) is 72.6 Å². The summed E-state index contributed by atoms with van der Waals surface area (Å²) in [6.45, 7) is 0. The van der Waals surface area contributed by atoms with Crippen LogP contribution in [0, 0.1) is 2.88 Å². The third-order valence-electron chi connectivity index (χ3n) is 1.81. The highest BCUT2D eigenvalue weighted by molar-refractivity contribution is 14.1. The Bertz CT molecular complexity index is 450. The predicted octanol–water partition coefficient (Wildman–Crippen LogP) is 5.16. The third-order valence-corrected chi connectivity index (χ3v) is 6.44. The van der Waals surface area contributed by atoms with Gasteiger partial charge in [0.25, 0.3) is 0 Å². The number of rotatable bonds is 1. The lowest BCUT2D eigenvalue weighted by Gasteiger charge is -1.95. The topological polar surface area (TPSA) is 0 Å². The maximum Gasteiger partial charge on any atom is 0.0808 e. The van der Waals surface area contributed by atoms with Gasteiger partial charge in [-0.2, -0.15) is 0 Å². The predicted molar refractivity (Wildman–Crippen MR) is 74.9 cm³/mol. The van der Waals surface area contributed by atoms with Crippen LogP contribution in [0.25, 0.3) is 10.1 Å². The van der Waals surface area contributed by atoms with E-state index in [1.165, 1.54) is 23.0 Å². The zero-order valence-corrected chi connectivity index (χ0v) is 12.6. The molecule has 1 aromatic heterocycles. The second kappa shape index (κ2) is 4.16. The van der Waals surface area contributed by atoms with Gasteiger partial charge in [0.2, 0.25) is 0 Å². The van der Waals surface area contributed by atoms with Gasteiger partial charge in [-0.1, -0.05) is 22.0 Å². The highest BCUT2D eigenvalue weighted by atomic mass is 127. The van der Waals surface area contributed by atoms with Crippen LogP contribution in [0.2, 0.25) is 0 Å². The Morgan fingerprint density at radius 1 is 1.38 bits per heavy atom. The van der Waals surface area contributed by atoms with Gasteiger partial charge in [0.15, 0.2) is 0 Å². The molecule has 0 nitrogen and oxygen atoms in total. The minimum Gasteiger partial charge on any atom is -0.128 e. The molecule has 0 radical (unpaired) electrons. The van der Waals surface area contributed by atoms with Crippen molar-refractivity contribution in [1.82, 2.24) is 0 Å². The molecule has 2 rings (SSSR count). The summed E-state index contributed by atoms with van der Waals surface area (Å²) in [6, 6.07) is 6.58. The number of halogens is 3. The summed E-state index contributed by atoms with van der Waals surface area (Å²) < 4.78 is 3.90. The molecule has 1 heterocycles. The molecular weight excluding hydrogens is 427 g/mol. The number of benzene rings is 1. The molecule has 13 heavy (non-hydrogen) atoms. The second-order valence-electron chi connectivity index (χ2n) is 2.65. The molecule has 0 aliphatic heterocycles. The zero-order valence-electron chi connectivity index (χ0n) is 6.48. The molecule has 2 aromatic rings. The fraction of sp³-hybridized carbons (Fsp3) is 0.111. The summed E-state index contributed by atoms with van der Waals surface area (Å²) in [7, 11) is 0. The van der Waals surface area contributed by atoms with E-state index in [9.17, 15) is 0 Å². The van der Waals surface area contributed by atoms with Gasteiger partial charge in [-0.25, -0.2) is 0 Å². The average molecular weight is 432 g/mol. The fourth-order valence-electron chi connectivity index (χ4n) is 1.17. The van der Waals surface area contributed by atoms with Crippen LogP contribution in [-0.2, 0) is 5.33 Å². The lowest BCUT2D eigenvalue weighted by atomic mass is 10.2. The summed E-state index contributed by atoms with van der Waals surface area (Å²) >= 11 is 11.2. The molecule has 0 fully saturated rings. The summed E-state index contributed by atoms with van der Waals surface area (Å²) in [5, 5.41) is 2.24. The first-order valence-corrected chi connectivity index (χ1v) is 7.45. The summed E-state index contributed by atoms with van der Waals surface area (Å²) in [6.07, 6.45) is 0. The Labute approximate surface area is 111 Å². The fourth-order valence-corrected chi connectivity index (χ4v) is 4.02. The first-order valence-electron chi connectivity index (χ1n) is 3.65. The van der Waals surface area contributed by atoms with Crippen LogP contribution in [0.1, 0.15) is 5.56 Å². The van der Waals surface area contributed by atoms with E-state index in [-0.39, 0.29) is 0 Å². The molecule has 0 aliphatic carbocycles. The van der Waals surface area contributed by atoms with E-state index in [1.54, 1.807) is 0 Å². The van der Waals surface area contributed by atoms with Crippen molar-refractivity contribution in [3.8, 4) is 0 Å². The number of alkyl halides is 1. The van der Waals surface area contributed by atoms with Crippen LogP contribution >= 0.6 is 65.8 Å². The normalized spacial score (nSPS) is 11.0. The first kappa shape index (κ1) is 10.4. The highest BCUT2D eigenvalue weighted by Crippen LogP contribution is 2.36. The van der Waals surface area contributed by atoms with E-state index in [4.69, 9.17) is 0 Å². The van der Waals surface area contributed by atoms with Crippen LogP contribution in [0.5, 0.6) is 0 Å². The molecule has 0 atom stereocenters. The van der Waals surface area contributed by atoms with Crippen LogP contribution < -0.4 is 0 Å². The maximum absolute atomic E-state index is 3.60. The van der Waals surface area contributed by atoms with Crippen LogP contribution in [0.15, 0.2) is 22.7 Å². The monoisotopic (exact) mass is 430 g/mol. The molecule has 0 saturated carbocycles. The Balaban J connectivity index is 2.75. The standard InChI is InChI=1S/C9H5Br2IS/c10-4-5-1-2-7-6(3-5)8(11)9(12)13-7/h1-3H,4H2. The molecule has 1 aromatic carbocycles. The van der Waals surface area contributed by atoms with Crippen molar-refractivity contribution in [3.05, 3.63) is 31.1 Å². The summed E-state index contributed by atoms with van der Waals surface area (Å²) in [5.41, 5.74) is 1.32. The van der Waals surface area contributed by atoms with Crippen molar-refractivity contribution in [2.24, 2.45) is 0 Å². The van der Waals surface area contributed by atoms with E-state index in [0.717, 1.165) is 5.33 Å². The lowest BCUT2D eigenvalue weighted by molar-refractivity contribution is 1.47. The number of fused-ring (bicyclic) bond motifs is 1. The maximum atomic E-state index is 3.60. The molecule has 0 amide bonds. The largest absolute Gasteiger partial charge is 0.128 e. The Hall–Kier alpha value is 0.870. The van der Waals surface area contributed by atoms with Crippen molar-refractivity contribution in [3.63, 3.8) is 0 Å². The van der Waals surface area contributed by atoms with Gasteiger partial charge < -0.3 is 0 Å². The molecule has 0 aliphatic rings. The van der Waals surface area contributed by atoms with E-state index >= 15 is 0 Å².